The number of methoxy groups -OCH3 is 1. The number of benzene rings is 1. The molecule has 0 spiro atoms. The van der Waals surface area contributed by atoms with Crippen molar-refractivity contribution >= 4 is 22.8 Å². The van der Waals surface area contributed by atoms with Crippen LogP contribution in [0.15, 0.2) is 41.1 Å². The Kier molecular flexibility index (Phi) is 7.44. The molecule has 1 unspecified atom stereocenters. The fourth-order valence-corrected chi connectivity index (χ4v) is 4.30. The van der Waals surface area contributed by atoms with Crippen molar-refractivity contribution in [2.75, 3.05) is 51.3 Å². The van der Waals surface area contributed by atoms with Crippen molar-refractivity contribution in [2.24, 2.45) is 0 Å². The van der Waals surface area contributed by atoms with Gasteiger partial charge in [-0.25, -0.2) is 4.98 Å². The molecule has 8 heteroatoms. The SMILES string of the molecule is CCCC(Cc1c[nH]c2ccccc12)NC(=O)c1cnc(N2CCN(CCOC)CC2)o1. The first kappa shape index (κ1) is 22.4. The van der Waals surface area contributed by atoms with Crippen LogP contribution >= 0.6 is 0 Å². The summed E-state index contributed by atoms with van der Waals surface area (Å²) in [5, 5.41) is 4.36. The number of anilines is 1. The fourth-order valence-electron chi connectivity index (χ4n) is 4.30. The second-order valence-electron chi connectivity index (χ2n) is 8.35. The summed E-state index contributed by atoms with van der Waals surface area (Å²) in [5.74, 6) is 0.0580. The van der Waals surface area contributed by atoms with Gasteiger partial charge >= 0.3 is 0 Å². The molecule has 32 heavy (non-hydrogen) atoms. The lowest BCUT2D eigenvalue weighted by atomic mass is 10.0. The number of nitrogens with one attached hydrogen (secondary N) is 2. The Labute approximate surface area is 188 Å². The number of aromatic nitrogens is 2. The lowest BCUT2D eigenvalue weighted by molar-refractivity contribution is 0.0906. The van der Waals surface area contributed by atoms with Crippen LogP contribution in [0.25, 0.3) is 10.9 Å². The Hall–Kier alpha value is -2.84. The predicted octanol–water partition coefficient (Wildman–Crippen LogP) is 3.07. The molecule has 1 aromatic carbocycles. The number of carbonyl (C=O) groups is 1. The van der Waals surface area contributed by atoms with E-state index in [-0.39, 0.29) is 17.7 Å². The van der Waals surface area contributed by atoms with E-state index >= 15 is 0 Å². The second kappa shape index (κ2) is 10.7. The number of hydrogen-bond donors (Lipinski definition) is 2. The molecular weight excluding hydrogens is 406 g/mol. The van der Waals surface area contributed by atoms with E-state index in [0.29, 0.717) is 6.01 Å². The Bertz CT molecular complexity index is 1010. The standard InChI is InChI=1S/C24H33N5O3/c1-3-6-19(15-18-16-25-21-8-5-4-7-20(18)21)27-23(30)22-17-26-24(32-22)29-11-9-28(10-12-29)13-14-31-2/h4-5,7-8,16-17,19,25H,3,6,9-15H2,1-2H3,(H,27,30). The van der Waals surface area contributed by atoms with Crippen molar-refractivity contribution in [3.05, 3.63) is 48.0 Å². The molecule has 8 nitrogen and oxygen atoms in total. The number of aromatic amines is 1. The lowest BCUT2D eigenvalue weighted by Gasteiger charge is -2.33. The predicted molar refractivity (Wildman–Crippen MR) is 125 cm³/mol. The highest BCUT2D eigenvalue weighted by molar-refractivity contribution is 5.91. The number of piperazine rings is 1. The van der Waals surface area contributed by atoms with E-state index in [0.717, 1.165) is 64.1 Å². The van der Waals surface area contributed by atoms with Gasteiger partial charge in [0.25, 0.3) is 11.9 Å². The van der Waals surface area contributed by atoms with Gasteiger partial charge < -0.3 is 24.4 Å². The maximum absolute atomic E-state index is 12.9. The van der Waals surface area contributed by atoms with Crippen molar-refractivity contribution in [3.8, 4) is 0 Å². The Morgan fingerprint density at radius 1 is 1.28 bits per heavy atom. The summed E-state index contributed by atoms with van der Waals surface area (Å²) in [5.41, 5.74) is 2.33. The summed E-state index contributed by atoms with van der Waals surface area (Å²) in [7, 11) is 1.72. The molecule has 1 amide bonds. The summed E-state index contributed by atoms with van der Waals surface area (Å²) in [6, 6.07) is 8.80. The van der Waals surface area contributed by atoms with Crippen molar-refractivity contribution in [3.63, 3.8) is 0 Å². The number of nitrogens with zero attached hydrogens (tertiary/aromatic N) is 3. The Morgan fingerprint density at radius 3 is 2.88 bits per heavy atom. The van der Waals surface area contributed by atoms with Crippen molar-refractivity contribution in [1.29, 1.82) is 0 Å². The first-order chi connectivity index (χ1) is 15.7. The van der Waals surface area contributed by atoms with Gasteiger partial charge in [-0.1, -0.05) is 31.5 Å². The van der Waals surface area contributed by atoms with Crippen LogP contribution in [0.1, 0.15) is 35.9 Å². The quantitative estimate of drug-likeness (QED) is 0.505. The van der Waals surface area contributed by atoms with Gasteiger partial charge in [-0.05, 0) is 24.5 Å². The minimum Gasteiger partial charge on any atom is -0.418 e. The van der Waals surface area contributed by atoms with Gasteiger partial charge in [0, 0.05) is 63.0 Å². The highest BCUT2D eigenvalue weighted by Gasteiger charge is 2.23. The molecule has 1 fully saturated rings. The molecule has 0 bridgehead atoms. The van der Waals surface area contributed by atoms with Crippen LogP contribution in [-0.4, -0.2) is 73.3 Å². The number of hydrogen-bond acceptors (Lipinski definition) is 6. The molecule has 4 rings (SSSR count). The Morgan fingerprint density at radius 2 is 2.09 bits per heavy atom. The first-order valence-corrected chi connectivity index (χ1v) is 11.5. The molecule has 2 N–H and O–H groups in total. The van der Waals surface area contributed by atoms with E-state index in [9.17, 15) is 4.79 Å². The Balaban J connectivity index is 1.36. The van der Waals surface area contributed by atoms with E-state index in [1.165, 1.54) is 17.1 Å². The number of ether oxygens (including phenoxy) is 1. The van der Waals surface area contributed by atoms with Crippen LogP contribution in [-0.2, 0) is 11.2 Å². The minimum absolute atomic E-state index is 0.0320. The number of H-pyrrole nitrogens is 1. The van der Waals surface area contributed by atoms with Crippen LogP contribution in [0.4, 0.5) is 6.01 Å². The zero-order chi connectivity index (χ0) is 22.3. The van der Waals surface area contributed by atoms with Crippen LogP contribution in [0, 0.1) is 0 Å². The molecule has 0 saturated carbocycles. The summed E-state index contributed by atoms with van der Waals surface area (Å²) in [6.07, 6.45) is 6.24. The molecule has 1 aliphatic rings. The zero-order valence-electron chi connectivity index (χ0n) is 19.0. The summed E-state index contributed by atoms with van der Waals surface area (Å²) >= 11 is 0. The zero-order valence-corrected chi connectivity index (χ0v) is 19.0. The molecule has 0 radical (unpaired) electrons. The topological polar surface area (TPSA) is 86.6 Å². The molecular formula is C24H33N5O3. The van der Waals surface area contributed by atoms with Crippen LogP contribution in [0.3, 0.4) is 0 Å². The van der Waals surface area contributed by atoms with Crippen molar-refractivity contribution < 1.29 is 13.9 Å². The number of amides is 1. The molecule has 3 heterocycles. The average molecular weight is 440 g/mol. The fraction of sp³-hybridized carbons (Fsp3) is 0.500. The minimum atomic E-state index is -0.208. The van der Waals surface area contributed by atoms with Gasteiger partial charge in [0.05, 0.1) is 12.8 Å². The maximum Gasteiger partial charge on any atom is 0.298 e. The number of rotatable bonds is 10. The molecule has 1 saturated heterocycles. The van der Waals surface area contributed by atoms with E-state index in [2.05, 4.69) is 44.1 Å². The smallest absolute Gasteiger partial charge is 0.298 e. The van der Waals surface area contributed by atoms with Crippen LogP contribution in [0.2, 0.25) is 0 Å². The molecule has 1 atom stereocenters. The van der Waals surface area contributed by atoms with Gasteiger partial charge in [-0.15, -0.1) is 0 Å². The summed E-state index contributed by atoms with van der Waals surface area (Å²) in [6.45, 7) is 7.30. The first-order valence-electron chi connectivity index (χ1n) is 11.5. The van der Waals surface area contributed by atoms with Gasteiger partial charge in [-0.3, -0.25) is 9.69 Å². The van der Waals surface area contributed by atoms with Gasteiger partial charge in [0.1, 0.15) is 0 Å². The summed E-state index contributed by atoms with van der Waals surface area (Å²) in [4.78, 5) is 25.0. The van der Waals surface area contributed by atoms with E-state index < -0.39 is 0 Å². The van der Waals surface area contributed by atoms with Gasteiger partial charge in [0.15, 0.2) is 0 Å². The lowest BCUT2D eigenvalue weighted by Crippen LogP contribution is -2.47. The van der Waals surface area contributed by atoms with E-state index in [1.54, 1.807) is 7.11 Å². The molecule has 1 aliphatic heterocycles. The van der Waals surface area contributed by atoms with Crippen LogP contribution in [0.5, 0.6) is 0 Å². The number of para-hydroxylation sites is 1. The van der Waals surface area contributed by atoms with Crippen molar-refractivity contribution in [1.82, 2.24) is 20.2 Å². The number of carbonyl (C=O) groups excluding carboxylic acids is 1. The highest BCUT2D eigenvalue weighted by Crippen LogP contribution is 2.21. The molecule has 172 valence electrons. The van der Waals surface area contributed by atoms with Crippen molar-refractivity contribution in [2.45, 2.75) is 32.2 Å². The van der Waals surface area contributed by atoms with Gasteiger partial charge in [-0.2, -0.15) is 0 Å². The maximum atomic E-state index is 12.9. The average Bonchev–Trinajstić information content (AvgIpc) is 3.46. The second-order valence-corrected chi connectivity index (χ2v) is 8.35. The summed E-state index contributed by atoms with van der Waals surface area (Å²) < 4.78 is 11.0. The van der Waals surface area contributed by atoms with Gasteiger partial charge in [0.2, 0.25) is 5.76 Å². The normalized spacial score (nSPS) is 15.9. The highest BCUT2D eigenvalue weighted by atomic mass is 16.5. The van der Waals surface area contributed by atoms with Crippen LogP contribution < -0.4 is 10.2 Å². The largest absolute Gasteiger partial charge is 0.418 e. The number of oxazole rings is 1. The molecule has 3 aromatic rings. The number of fused-ring (bicyclic) bond motifs is 1. The third-order valence-corrected chi connectivity index (χ3v) is 6.09. The molecule has 2 aromatic heterocycles. The third-order valence-electron chi connectivity index (χ3n) is 6.09. The van der Waals surface area contributed by atoms with E-state index in [1.807, 2.05) is 18.3 Å². The monoisotopic (exact) mass is 439 g/mol. The third kappa shape index (κ3) is 5.31. The molecule has 0 aliphatic carbocycles. The van der Waals surface area contributed by atoms with E-state index in [4.69, 9.17) is 9.15 Å².